The number of aliphatic carboxylic acids is 1. The third kappa shape index (κ3) is 3.12. The summed E-state index contributed by atoms with van der Waals surface area (Å²) in [6, 6.07) is 1.64. The molecular weight excluding hydrogens is 276 g/mol. The molecule has 1 aliphatic heterocycles. The van der Waals surface area contributed by atoms with Gasteiger partial charge in [-0.25, -0.2) is 4.79 Å². The van der Waals surface area contributed by atoms with Crippen LogP contribution in [0.5, 0.6) is 0 Å². The summed E-state index contributed by atoms with van der Waals surface area (Å²) in [6.45, 7) is 4.58. The van der Waals surface area contributed by atoms with Crippen LogP contribution in [0.15, 0.2) is 11.4 Å². The molecule has 1 aromatic rings. The Labute approximate surface area is 122 Å². The number of thiophene rings is 1. The summed E-state index contributed by atoms with van der Waals surface area (Å²) >= 11 is 1.73. The highest BCUT2D eigenvalue weighted by molar-refractivity contribution is 7.10. The lowest BCUT2D eigenvalue weighted by Crippen LogP contribution is -2.48. The second-order valence-electron chi connectivity index (χ2n) is 5.07. The van der Waals surface area contributed by atoms with E-state index in [1.807, 2.05) is 13.8 Å². The summed E-state index contributed by atoms with van der Waals surface area (Å²) < 4.78 is 0. The minimum absolute atomic E-state index is 0.0336. The van der Waals surface area contributed by atoms with Crippen molar-refractivity contribution in [3.8, 4) is 0 Å². The van der Waals surface area contributed by atoms with E-state index in [9.17, 15) is 9.59 Å². The lowest BCUT2D eigenvalue weighted by Gasteiger charge is -2.34. The molecule has 1 aromatic heterocycles. The molecule has 5 nitrogen and oxygen atoms in total. The predicted molar refractivity (Wildman–Crippen MR) is 78.0 cm³/mol. The van der Waals surface area contributed by atoms with Crippen LogP contribution in [0.4, 0.5) is 4.79 Å². The third-order valence-corrected chi connectivity index (χ3v) is 4.78. The smallest absolute Gasteiger partial charge is 0.318 e. The van der Waals surface area contributed by atoms with Gasteiger partial charge in [0.25, 0.3) is 0 Å². The number of hydrogen-bond acceptors (Lipinski definition) is 3. The molecule has 2 amide bonds. The van der Waals surface area contributed by atoms with E-state index >= 15 is 0 Å². The molecule has 2 heterocycles. The first-order chi connectivity index (χ1) is 9.52. The van der Waals surface area contributed by atoms with E-state index in [-0.39, 0.29) is 24.5 Å². The van der Waals surface area contributed by atoms with Gasteiger partial charge in [-0.2, -0.15) is 0 Å². The van der Waals surface area contributed by atoms with Gasteiger partial charge < -0.3 is 15.3 Å². The maximum Gasteiger partial charge on any atom is 0.318 e. The number of carboxylic acids is 1. The fraction of sp³-hybridized carbons (Fsp3) is 0.571. The first kappa shape index (κ1) is 14.8. The fourth-order valence-corrected chi connectivity index (χ4v) is 3.52. The summed E-state index contributed by atoms with van der Waals surface area (Å²) in [5.41, 5.74) is 1.21. The molecule has 0 bridgehead atoms. The number of amides is 2. The number of carbonyl (C=O) groups is 2. The largest absolute Gasteiger partial charge is 0.481 e. The first-order valence-corrected chi connectivity index (χ1v) is 7.76. The van der Waals surface area contributed by atoms with Gasteiger partial charge >= 0.3 is 12.0 Å². The second kappa shape index (κ2) is 6.26. The molecule has 0 saturated carbocycles. The monoisotopic (exact) mass is 296 g/mol. The molecule has 0 aliphatic carbocycles. The van der Waals surface area contributed by atoms with E-state index in [2.05, 4.69) is 16.8 Å². The maximum absolute atomic E-state index is 12.3. The van der Waals surface area contributed by atoms with Crippen molar-refractivity contribution in [3.05, 3.63) is 21.9 Å². The van der Waals surface area contributed by atoms with Gasteiger partial charge in [-0.1, -0.05) is 6.92 Å². The predicted octanol–water partition coefficient (Wildman–Crippen LogP) is 2.63. The fourth-order valence-electron chi connectivity index (χ4n) is 2.55. The Morgan fingerprint density at radius 1 is 1.60 bits per heavy atom. The zero-order valence-electron chi connectivity index (χ0n) is 11.8. The molecule has 2 rings (SSSR count). The van der Waals surface area contributed by atoms with E-state index in [1.54, 1.807) is 16.2 Å². The van der Waals surface area contributed by atoms with Crippen molar-refractivity contribution in [3.63, 3.8) is 0 Å². The highest BCUT2D eigenvalue weighted by atomic mass is 32.1. The highest BCUT2D eigenvalue weighted by Crippen LogP contribution is 2.32. The number of nitrogens with zero attached hydrogens (tertiary/aromatic N) is 1. The van der Waals surface area contributed by atoms with Crippen molar-refractivity contribution in [2.24, 2.45) is 0 Å². The lowest BCUT2D eigenvalue weighted by atomic mass is 10.0. The van der Waals surface area contributed by atoms with Gasteiger partial charge in [-0.3, -0.25) is 4.79 Å². The summed E-state index contributed by atoms with van der Waals surface area (Å²) in [6.07, 6.45) is 1.46. The van der Waals surface area contributed by atoms with Crippen molar-refractivity contribution >= 4 is 23.3 Å². The normalized spacial score (nSPS) is 19.3. The zero-order valence-corrected chi connectivity index (χ0v) is 12.6. The van der Waals surface area contributed by atoms with Gasteiger partial charge in [0.2, 0.25) is 0 Å². The molecule has 0 fully saturated rings. The number of rotatable bonds is 4. The van der Waals surface area contributed by atoms with Crippen LogP contribution >= 0.6 is 11.3 Å². The van der Waals surface area contributed by atoms with Gasteiger partial charge in [-0.15, -0.1) is 11.3 Å². The molecule has 2 unspecified atom stereocenters. The van der Waals surface area contributed by atoms with Crippen molar-refractivity contribution in [1.82, 2.24) is 10.2 Å². The average molecular weight is 296 g/mol. The Balaban J connectivity index is 2.01. The van der Waals surface area contributed by atoms with Crippen LogP contribution in [0.2, 0.25) is 0 Å². The molecule has 20 heavy (non-hydrogen) atoms. The van der Waals surface area contributed by atoms with Crippen molar-refractivity contribution in [1.29, 1.82) is 0 Å². The van der Waals surface area contributed by atoms with Crippen LogP contribution in [0.25, 0.3) is 0 Å². The number of carbonyl (C=O) groups excluding carboxylic acids is 1. The summed E-state index contributed by atoms with van der Waals surface area (Å²) in [7, 11) is 0. The van der Waals surface area contributed by atoms with Crippen LogP contribution in [-0.4, -0.2) is 34.6 Å². The van der Waals surface area contributed by atoms with E-state index in [0.29, 0.717) is 13.0 Å². The summed E-state index contributed by atoms with van der Waals surface area (Å²) in [5.74, 6) is -0.885. The molecule has 0 aromatic carbocycles. The van der Waals surface area contributed by atoms with Crippen LogP contribution in [0.1, 0.15) is 43.2 Å². The van der Waals surface area contributed by atoms with Gasteiger partial charge in [-0.05, 0) is 36.8 Å². The van der Waals surface area contributed by atoms with E-state index in [1.165, 1.54) is 10.4 Å². The Hall–Kier alpha value is -1.56. The molecule has 0 radical (unpaired) electrons. The molecule has 2 N–H and O–H groups in total. The van der Waals surface area contributed by atoms with E-state index < -0.39 is 5.97 Å². The van der Waals surface area contributed by atoms with Crippen molar-refractivity contribution < 1.29 is 14.7 Å². The summed E-state index contributed by atoms with van der Waals surface area (Å²) in [4.78, 5) is 26.2. The first-order valence-electron chi connectivity index (χ1n) is 6.88. The van der Waals surface area contributed by atoms with Gasteiger partial charge in [0.15, 0.2) is 0 Å². The third-order valence-electron chi connectivity index (χ3n) is 3.78. The van der Waals surface area contributed by atoms with Crippen LogP contribution in [0, 0.1) is 0 Å². The second-order valence-corrected chi connectivity index (χ2v) is 6.07. The number of hydrogen-bond donors (Lipinski definition) is 2. The molecule has 1 aliphatic rings. The van der Waals surface area contributed by atoms with Gasteiger partial charge in [0, 0.05) is 17.5 Å². The topological polar surface area (TPSA) is 69.6 Å². The zero-order chi connectivity index (χ0) is 14.7. The lowest BCUT2D eigenvalue weighted by molar-refractivity contribution is -0.137. The van der Waals surface area contributed by atoms with Crippen LogP contribution in [-0.2, 0) is 11.2 Å². The minimum atomic E-state index is -0.885. The Morgan fingerprint density at radius 2 is 2.35 bits per heavy atom. The van der Waals surface area contributed by atoms with Crippen molar-refractivity contribution in [2.75, 3.05) is 6.54 Å². The quantitative estimate of drug-likeness (QED) is 0.897. The molecular formula is C14H20N2O3S. The van der Waals surface area contributed by atoms with Gasteiger partial charge in [0.1, 0.15) is 0 Å². The van der Waals surface area contributed by atoms with Crippen molar-refractivity contribution in [2.45, 2.75) is 45.2 Å². The minimum Gasteiger partial charge on any atom is -0.481 e. The Morgan fingerprint density at radius 3 is 3.00 bits per heavy atom. The molecule has 110 valence electrons. The molecule has 0 saturated heterocycles. The number of urea groups is 1. The number of carboxylic acid groups (broad SMARTS) is 1. The Bertz CT molecular complexity index is 500. The SMILES string of the molecule is CCC(CC(=O)O)NC(=O)N1CCc2sccc2C1C. The average Bonchev–Trinajstić information content (AvgIpc) is 2.86. The highest BCUT2D eigenvalue weighted by Gasteiger charge is 2.29. The number of nitrogens with one attached hydrogen (secondary N) is 1. The van der Waals surface area contributed by atoms with E-state index in [0.717, 1.165) is 6.42 Å². The van der Waals surface area contributed by atoms with Gasteiger partial charge in [0.05, 0.1) is 12.5 Å². The van der Waals surface area contributed by atoms with Crippen LogP contribution in [0.3, 0.4) is 0 Å². The number of fused-ring (bicyclic) bond motifs is 1. The van der Waals surface area contributed by atoms with Crippen LogP contribution < -0.4 is 5.32 Å². The molecule has 2 atom stereocenters. The summed E-state index contributed by atoms with van der Waals surface area (Å²) in [5, 5.41) is 13.7. The van der Waals surface area contributed by atoms with E-state index in [4.69, 9.17) is 5.11 Å². The maximum atomic E-state index is 12.3. The molecule has 6 heteroatoms. The molecule has 0 spiro atoms. The Kier molecular flexibility index (Phi) is 4.65. The standard InChI is InChI=1S/C14H20N2O3S/c1-3-10(8-13(17)18)15-14(19)16-6-4-12-11(9(16)2)5-7-20-12/h5,7,9-10H,3-4,6,8H2,1-2H3,(H,15,19)(H,17,18).